The van der Waals surface area contributed by atoms with Crippen LogP contribution in [-0.2, 0) is 4.79 Å². The lowest BCUT2D eigenvalue weighted by atomic mass is 10.1. The fourth-order valence-corrected chi connectivity index (χ4v) is 2.43. The summed E-state index contributed by atoms with van der Waals surface area (Å²) in [4.78, 5) is 14.2. The highest BCUT2D eigenvalue weighted by molar-refractivity contribution is 9.10. The third-order valence-corrected chi connectivity index (χ3v) is 3.49. The first-order valence-corrected chi connectivity index (χ1v) is 6.75. The summed E-state index contributed by atoms with van der Waals surface area (Å²) in [5, 5.41) is 3.29. The molecule has 1 atom stereocenters. The van der Waals surface area contributed by atoms with Crippen LogP contribution in [0.25, 0.3) is 0 Å². The van der Waals surface area contributed by atoms with Gasteiger partial charge in [0.1, 0.15) is 0 Å². The average Bonchev–Trinajstić information content (AvgIpc) is 2.31. The molecule has 17 heavy (non-hydrogen) atoms. The molecule has 0 saturated carbocycles. The van der Waals surface area contributed by atoms with Crippen molar-refractivity contribution in [2.45, 2.75) is 13.3 Å². The molecule has 0 aromatic heterocycles. The van der Waals surface area contributed by atoms with Crippen LogP contribution in [0.4, 0.5) is 5.69 Å². The van der Waals surface area contributed by atoms with E-state index in [2.05, 4.69) is 21.2 Å². The minimum absolute atomic E-state index is 0.0364. The Morgan fingerprint density at radius 1 is 1.47 bits per heavy atom. The molecule has 2 rings (SSSR count). The molecule has 1 unspecified atom stereocenters. The van der Waals surface area contributed by atoms with E-state index in [1.54, 1.807) is 0 Å². The standard InChI is InChI=1S/C13H17BrN2O/c1-10-9-15-6-3-7-16(13(10)17)12-5-2-4-11(14)8-12/h2,4-5,8,10,15H,3,6-7,9H2,1H3. The zero-order valence-corrected chi connectivity index (χ0v) is 11.5. The Morgan fingerprint density at radius 2 is 2.29 bits per heavy atom. The number of benzene rings is 1. The number of nitrogens with zero attached hydrogens (tertiary/aromatic N) is 1. The molecule has 0 aliphatic carbocycles. The molecule has 4 heteroatoms. The second kappa shape index (κ2) is 5.65. The fourth-order valence-electron chi connectivity index (χ4n) is 2.04. The maximum absolute atomic E-state index is 12.3. The van der Waals surface area contributed by atoms with Crippen LogP contribution in [0.3, 0.4) is 0 Å². The van der Waals surface area contributed by atoms with Gasteiger partial charge < -0.3 is 10.2 Å². The van der Waals surface area contributed by atoms with Crippen LogP contribution in [0, 0.1) is 5.92 Å². The van der Waals surface area contributed by atoms with Crippen LogP contribution in [0.2, 0.25) is 0 Å². The van der Waals surface area contributed by atoms with Gasteiger partial charge in [-0.25, -0.2) is 0 Å². The predicted octanol–water partition coefficient (Wildman–Crippen LogP) is 2.41. The van der Waals surface area contributed by atoms with Crippen LogP contribution in [0.15, 0.2) is 28.7 Å². The smallest absolute Gasteiger partial charge is 0.231 e. The molecule has 1 aliphatic heterocycles. The monoisotopic (exact) mass is 296 g/mol. The van der Waals surface area contributed by atoms with E-state index in [1.807, 2.05) is 36.1 Å². The van der Waals surface area contributed by atoms with Crippen molar-refractivity contribution in [1.82, 2.24) is 5.32 Å². The number of amides is 1. The molecule has 1 heterocycles. The second-order valence-corrected chi connectivity index (χ2v) is 5.34. The summed E-state index contributed by atoms with van der Waals surface area (Å²) in [6, 6.07) is 7.93. The zero-order chi connectivity index (χ0) is 12.3. The van der Waals surface area contributed by atoms with Crippen molar-refractivity contribution in [3.05, 3.63) is 28.7 Å². The van der Waals surface area contributed by atoms with E-state index < -0.39 is 0 Å². The highest BCUT2D eigenvalue weighted by atomic mass is 79.9. The van der Waals surface area contributed by atoms with E-state index in [0.717, 1.165) is 36.2 Å². The molecule has 1 aromatic rings. The molecule has 92 valence electrons. The van der Waals surface area contributed by atoms with Crippen molar-refractivity contribution in [2.24, 2.45) is 5.92 Å². The molecule has 3 nitrogen and oxygen atoms in total. The van der Waals surface area contributed by atoms with Gasteiger partial charge in [-0.2, -0.15) is 0 Å². The van der Waals surface area contributed by atoms with Crippen LogP contribution in [-0.4, -0.2) is 25.5 Å². The van der Waals surface area contributed by atoms with Gasteiger partial charge in [0.15, 0.2) is 0 Å². The molecule has 0 radical (unpaired) electrons. The minimum atomic E-state index is 0.0364. The Kier molecular flexibility index (Phi) is 4.18. The average molecular weight is 297 g/mol. The maximum atomic E-state index is 12.3. The SMILES string of the molecule is CC1CNCCCN(c2cccc(Br)c2)C1=O. The molecule has 0 spiro atoms. The summed E-state index contributed by atoms with van der Waals surface area (Å²) >= 11 is 3.45. The normalized spacial score (nSPS) is 22.1. The number of hydrogen-bond donors (Lipinski definition) is 1. The quantitative estimate of drug-likeness (QED) is 0.863. The van der Waals surface area contributed by atoms with E-state index in [9.17, 15) is 4.79 Å². The highest BCUT2D eigenvalue weighted by Crippen LogP contribution is 2.22. The lowest BCUT2D eigenvalue weighted by Crippen LogP contribution is -2.43. The van der Waals surface area contributed by atoms with Gasteiger partial charge in [0.05, 0.1) is 0 Å². The van der Waals surface area contributed by atoms with Gasteiger partial charge in [-0.15, -0.1) is 0 Å². The van der Waals surface area contributed by atoms with Crippen molar-refractivity contribution < 1.29 is 4.79 Å². The molecule has 1 fully saturated rings. The van der Waals surface area contributed by atoms with Crippen LogP contribution in [0.1, 0.15) is 13.3 Å². The van der Waals surface area contributed by atoms with Gasteiger partial charge >= 0.3 is 0 Å². The molecule has 1 N–H and O–H groups in total. The maximum Gasteiger partial charge on any atom is 0.231 e. The first-order valence-electron chi connectivity index (χ1n) is 5.96. The molecular formula is C13H17BrN2O. The Hall–Kier alpha value is -0.870. The Bertz CT molecular complexity index is 408. The van der Waals surface area contributed by atoms with Gasteiger partial charge in [-0.1, -0.05) is 28.9 Å². The molecule has 0 bridgehead atoms. The first-order chi connectivity index (χ1) is 8.18. The lowest BCUT2D eigenvalue weighted by Gasteiger charge is -2.28. The van der Waals surface area contributed by atoms with Gasteiger partial charge in [0.2, 0.25) is 5.91 Å². The molecule has 1 amide bonds. The van der Waals surface area contributed by atoms with Gasteiger partial charge in [0.25, 0.3) is 0 Å². The summed E-state index contributed by atoms with van der Waals surface area (Å²) in [7, 11) is 0. The van der Waals surface area contributed by atoms with Crippen molar-refractivity contribution in [3.8, 4) is 0 Å². The largest absolute Gasteiger partial charge is 0.316 e. The van der Waals surface area contributed by atoms with Crippen LogP contribution >= 0.6 is 15.9 Å². The third kappa shape index (κ3) is 3.07. The Labute approximate surface area is 110 Å². The van der Waals surface area contributed by atoms with Crippen molar-refractivity contribution >= 4 is 27.5 Å². The van der Waals surface area contributed by atoms with Gasteiger partial charge in [-0.3, -0.25) is 4.79 Å². The summed E-state index contributed by atoms with van der Waals surface area (Å²) in [6.07, 6.45) is 0.991. The van der Waals surface area contributed by atoms with E-state index in [-0.39, 0.29) is 11.8 Å². The van der Waals surface area contributed by atoms with E-state index in [0.29, 0.717) is 0 Å². The van der Waals surface area contributed by atoms with E-state index in [1.165, 1.54) is 0 Å². The molecule has 1 saturated heterocycles. The number of hydrogen-bond acceptors (Lipinski definition) is 2. The highest BCUT2D eigenvalue weighted by Gasteiger charge is 2.23. The number of carbonyl (C=O) groups is 1. The number of rotatable bonds is 1. The van der Waals surface area contributed by atoms with Crippen molar-refractivity contribution in [1.29, 1.82) is 0 Å². The number of halogens is 1. The van der Waals surface area contributed by atoms with E-state index >= 15 is 0 Å². The number of nitrogens with one attached hydrogen (secondary N) is 1. The number of anilines is 1. The summed E-state index contributed by atoms with van der Waals surface area (Å²) in [5.74, 6) is 0.240. The predicted molar refractivity (Wildman–Crippen MR) is 73.1 cm³/mol. The first kappa shape index (κ1) is 12.6. The lowest BCUT2D eigenvalue weighted by molar-refractivity contribution is -0.122. The van der Waals surface area contributed by atoms with E-state index in [4.69, 9.17) is 0 Å². The molecule has 1 aromatic carbocycles. The fraction of sp³-hybridized carbons (Fsp3) is 0.462. The zero-order valence-electron chi connectivity index (χ0n) is 9.95. The number of carbonyl (C=O) groups excluding carboxylic acids is 1. The summed E-state index contributed by atoms with van der Waals surface area (Å²) in [6.45, 7) is 4.50. The Balaban J connectivity index is 2.24. The van der Waals surface area contributed by atoms with Crippen molar-refractivity contribution in [2.75, 3.05) is 24.5 Å². The van der Waals surface area contributed by atoms with Crippen LogP contribution in [0.5, 0.6) is 0 Å². The molecular weight excluding hydrogens is 280 g/mol. The second-order valence-electron chi connectivity index (χ2n) is 4.43. The van der Waals surface area contributed by atoms with Crippen molar-refractivity contribution in [3.63, 3.8) is 0 Å². The summed E-state index contributed by atoms with van der Waals surface area (Å²) < 4.78 is 1.01. The van der Waals surface area contributed by atoms with Crippen LogP contribution < -0.4 is 10.2 Å². The van der Waals surface area contributed by atoms with Gasteiger partial charge in [0, 0.05) is 29.2 Å². The molecule has 1 aliphatic rings. The topological polar surface area (TPSA) is 32.3 Å². The third-order valence-electron chi connectivity index (χ3n) is 2.99. The Morgan fingerprint density at radius 3 is 3.06 bits per heavy atom. The minimum Gasteiger partial charge on any atom is -0.316 e. The van der Waals surface area contributed by atoms with Gasteiger partial charge in [-0.05, 0) is 31.2 Å². The summed E-state index contributed by atoms with van der Waals surface area (Å²) in [5.41, 5.74) is 0.984.